The van der Waals surface area contributed by atoms with Crippen LogP contribution in [-0.4, -0.2) is 34.0 Å². The van der Waals surface area contributed by atoms with Gasteiger partial charge in [-0.25, -0.2) is 0 Å². The smallest absolute Gasteiger partial charge is 0.157 e. The van der Waals surface area contributed by atoms with Gasteiger partial charge in [0.25, 0.3) is 0 Å². The minimum absolute atomic E-state index is 0.471. The quantitative estimate of drug-likeness (QED) is 0.841. The van der Waals surface area contributed by atoms with Gasteiger partial charge in [-0.1, -0.05) is 25.1 Å². The maximum Gasteiger partial charge on any atom is 0.157 e. The van der Waals surface area contributed by atoms with Crippen molar-refractivity contribution in [2.45, 2.75) is 55.6 Å². The maximum absolute atomic E-state index is 4.80. The standard InChI is InChI=1S/C12H22N2S2/c1-9-7-10(2)16-11(14-9)13-8-12(15-3)5-4-6-12/h9-10H,4-8H2,1-3H3,(H,13,14). The van der Waals surface area contributed by atoms with E-state index in [-0.39, 0.29) is 0 Å². The van der Waals surface area contributed by atoms with E-state index in [1.807, 2.05) is 23.5 Å². The minimum Gasteiger partial charge on any atom is -0.362 e. The Balaban J connectivity index is 1.91. The number of nitrogens with zero attached hydrogens (tertiary/aromatic N) is 1. The molecule has 1 aliphatic heterocycles. The molecule has 2 nitrogen and oxygen atoms in total. The average molecular weight is 258 g/mol. The van der Waals surface area contributed by atoms with Gasteiger partial charge in [-0.05, 0) is 32.4 Å². The third-order valence-corrected chi connectivity index (χ3v) is 6.05. The van der Waals surface area contributed by atoms with Crippen molar-refractivity contribution in [3.8, 4) is 0 Å². The first-order chi connectivity index (χ1) is 7.63. The lowest BCUT2D eigenvalue weighted by Gasteiger charge is -2.39. The molecule has 0 amide bonds. The molecule has 0 radical (unpaired) electrons. The maximum atomic E-state index is 4.80. The third-order valence-electron chi connectivity index (χ3n) is 3.58. The molecule has 4 heteroatoms. The highest BCUT2D eigenvalue weighted by Gasteiger charge is 2.36. The van der Waals surface area contributed by atoms with Gasteiger partial charge >= 0.3 is 0 Å². The molecule has 2 fully saturated rings. The van der Waals surface area contributed by atoms with Gasteiger partial charge in [0.15, 0.2) is 5.17 Å². The topological polar surface area (TPSA) is 24.4 Å². The van der Waals surface area contributed by atoms with Crippen LogP contribution in [0.1, 0.15) is 39.5 Å². The van der Waals surface area contributed by atoms with E-state index in [0.29, 0.717) is 16.0 Å². The van der Waals surface area contributed by atoms with Crippen LogP contribution in [-0.2, 0) is 0 Å². The van der Waals surface area contributed by atoms with Crippen LogP contribution < -0.4 is 5.32 Å². The van der Waals surface area contributed by atoms with Crippen LogP contribution in [0.2, 0.25) is 0 Å². The third kappa shape index (κ3) is 2.89. The summed E-state index contributed by atoms with van der Waals surface area (Å²) >= 11 is 3.91. The van der Waals surface area contributed by atoms with Crippen molar-refractivity contribution in [1.29, 1.82) is 0 Å². The van der Waals surface area contributed by atoms with Crippen molar-refractivity contribution in [2.75, 3.05) is 12.8 Å². The summed E-state index contributed by atoms with van der Waals surface area (Å²) in [4.78, 5) is 4.80. The molecular formula is C12H22N2S2. The fraction of sp³-hybridized carbons (Fsp3) is 0.917. The van der Waals surface area contributed by atoms with Crippen LogP contribution >= 0.6 is 23.5 Å². The van der Waals surface area contributed by atoms with Gasteiger partial charge in [0, 0.05) is 16.0 Å². The molecule has 0 aromatic heterocycles. The zero-order valence-corrected chi connectivity index (χ0v) is 12.1. The van der Waals surface area contributed by atoms with Crippen molar-refractivity contribution < 1.29 is 0 Å². The second-order valence-electron chi connectivity index (χ2n) is 5.07. The molecule has 2 unspecified atom stereocenters. The number of hydrogen-bond donors (Lipinski definition) is 1. The predicted octanol–water partition coefficient (Wildman–Crippen LogP) is 3.13. The predicted molar refractivity (Wildman–Crippen MR) is 76.7 cm³/mol. The first kappa shape index (κ1) is 12.6. The van der Waals surface area contributed by atoms with E-state index < -0.39 is 0 Å². The minimum atomic E-state index is 0.471. The second-order valence-corrected chi connectivity index (χ2v) is 7.77. The highest BCUT2D eigenvalue weighted by molar-refractivity contribution is 8.14. The summed E-state index contributed by atoms with van der Waals surface area (Å²) in [6, 6.07) is 0.585. The molecule has 2 rings (SSSR count). The molecule has 2 atom stereocenters. The van der Waals surface area contributed by atoms with Gasteiger partial charge in [-0.3, -0.25) is 4.99 Å². The zero-order valence-electron chi connectivity index (χ0n) is 10.5. The van der Waals surface area contributed by atoms with Crippen molar-refractivity contribution in [3.05, 3.63) is 0 Å². The summed E-state index contributed by atoms with van der Waals surface area (Å²) in [5.41, 5.74) is 0. The van der Waals surface area contributed by atoms with E-state index in [2.05, 4.69) is 25.4 Å². The first-order valence-electron chi connectivity index (χ1n) is 6.16. The highest BCUT2D eigenvalue weighted by Crippen LogP contribution is 2.43. The molecule has 16 heavy (non-hydrogen) atoms. The van der Waals surface area contributed by atoms with E-state index in [4.69, 9.17) is 4.99 Å². The van der Waals surface area contributed by atoms with Crippen LogP contribution in [0.5, 0.6) is 0 Å². The molecule has 0 aromatic rings. The van der Waals surface area contributed by atoms with Gasteiger partial charge in [0.1, 0.15) is 0 Å². The van der Waals surface area contributed by atoms with Gasteiger partial charge < -0.3 is 5.32 Å². The molecule has 0 bridgehead atoms. The van der Waals surface area contributed by atoms with Crippen molar-refractivity contribution >= 4 is 28.7 Å². The van der Waals surface area contributed by atoms with Crippen LogP contribution in [0.25, 0.3) is 0 Å². The van der Waals surface area contributed by atoms with E-state index in [0.717, 1.165) is 6.54 Å². The van der Waals surface area contributed by atoms with Crippen molar-refractivity contribution in [3.63, 3.8) is 0 Å². The molecule has 1 N–H and O–H groups in total. The lowest BCUT2D eigenvalue weighted by atomic mass is 9.84. The average Bonchev–Trinajstić information content (AvgIpc) is 2.15. The summed E-state index contributed by atoms with van der Waals surface area (Å²) in [6.07, 6.45) is 7.56. The molecule has 0 aromatic carbocycles. The van der Waals surface area contributed by atoms with E-state index in [9.17, 15) is 0 Å². The number of hydrogen-bond acceptors (Lipinski definition) is 3. The lowest BCUT2D eigenvalue weighted by molar-refractivity contribution is 0.372. The molecule has 0 spiro atoms. The normalized spacial score (nSPS) is 35.6. The molecular weight excluding hydrogens is 236 g/mol. The first-order valence-corrected chi connectivity index (χ1v) is 8.27. The largest absolute Gasteiger partial charge is 0.362 e. The summed E-state index contributed by atoms with van der Waals surface area (Å²) in [6.45, 7) is 5.55. The summed E-state index contributed by atoms with van der Waals surface area (Å²) in [5.74, 6) is 0. The fourth-order valence-electron chi connectivity index (χ4n) is 2.34. The SMILES string of the molecule is CSC1(CN=C2NC(C)CC(C)S2)CCC1. The van der Waals surface area contributed by atoms with Crippen molar-refractivity contribution in [1.82, 2.24) is 5.32 Å². The van der Waals surface area contributed by atoms with Gasteiger partial charge in [0.05, 0.1) is 6.54 Å². The van der Waals surface area contributed by atoms with E-state index in [1.54, 1.807) is 0 Å². The van der Waals surface area contributed by atoms with Gasteiger partial charge in [0.2, 0.25) is 0 Å². The molecule has 1 aliphatic carbocycles. The lowest BCUT2D eigenvalue weighted by Crippen LogP contribution is -2.41. The number of amidine groups is 1. The molecule has 92 valence electrons. The summed E-state index contributed by atoms with van der Waals surface area (Å²) < 4.78 is 0.471. The van der Waals surface area contributed by atoms with Gasteiger partial charge in [-0.2, -0.15) is 11.8 Å². The van der Waals surface area contributed by atoms with E-state index in [1.165, 1.54) is 30.9 Å². The summed E-state index contributed by atoms with van der Waals surface area (Å²) in [7, 11) is 0. The Morgan fingerprint density at radius 3 is 2.75 bits per heavy atom. The molecule has 1 saturated heterocycles. The highest BCUT2D eigenvalue weighted by atomic mass is 32.2. The fourth-order valence-corrected chi connectivity index (χ4v) is 4.40. The van der Waals surface area contributed by atoms with Crippen LogP contribution in [0.15, 0.2) is 4.99 Å². The Morgan fingerprint density at radius 1 is 1.50 bits per heavy atom. The number of thioether (sulfide) groups is 2. The summed E-state index contributed by atoms with van der Waals surface area (Å²) in [5, 5.41) is 5.38. The van der Waals surface area contributed by atoms with Crippen LogP contribution in [0.4, 0.5) is 0 Å². The monoisotopic (exact) mass is 258 g/mol. The molecule has 2 aliphatic rings. The van der Waals surface area contributed by atoms with Gasteiger partial charge in [-0.15, -0.1) is 0 Å². The van der Waals surface area contributed by atoms with Crippen LogP contribution in [0.3, 0.4) is 0 Å². The zero-order chi connectivity index (χ0) is 11.6. The number of rotatable bonds is 3. The Morgan fingerprint density at radius 2 is 2.25 bits per heavy atom. The second kappa shape index (κ2) is 5.21. The Kier molecular flexibility index (Phi) is 4.11. The van der Waals surface area contributed by atoms with E-state index >= 15 is 0 Å². The number of nitrogens with one attached hydrogen (secondary N) is 1. The Labute approximate surface area is 107 Å². The molecule has 1 heterocycles. The Hall–Kier alpha value is 0.170. The number of aliphatic imine (C=N–C) groups is 1. The Bertz CT molecular complexity index is 257. The molecule has 1 saturated carbocycles. The van der Waals surface area contributed by atoms with Crippen molar-refractivity contribution in [2.24, 2.45) is 4.99 Å². The van der Waals surface area contributed by atoms with Crippen LogP contribution in [0, 0.1) is 0 Å².